The lowest BCUT2D eigenvalue weighted by Gasteiger charge is -2.28. The highest BCUT2D eigenvalue weighted by molar-refractivity contribution is 7.98. The van der Waals surface area contributed by atoms with Gasteiger partial charge in [-0.15, -0.1) is 11.3 Å². The number of amidine groups is 1. The number of halogens is 2. The van der Waals surface area contributed by atoms with Crippen molar-refractivity contribution in [2.24, 2.45) is 15.7 Å². The third-order valence-electron chi connectivity index (χ3n) is 4.56. The van der Waals surface area contributed by atoms with E-state index in [1.807, 2.05) is 5.38 Å². The van der Waals surface area contributed by atoms with E-state index in [0.29, 0.717) is 17.4 Å². The SMILES string of the molecule is NC=C(C=NC(F)F)C1=C2CC(NSC3CC3)CN2C(c2nccs2)=NC1. The Bertz CT molecular complexity index is 798. The smallest absolute Gasteiger partial charge is 0.331 e. The molecule has 0 aromatic carbocycles. The minimum Gasteiger partial charge on any atom is -0.404 e. The molecule has 1 atom stereocenters. The molecule has 1 unspecified atom stereocenters. The van der Waals surface area contributed by atoms with E-state index in [9.17, 15) is 8.78 Å². The van der Waals surface area contributed by atoms with Gasteiger partial charge >= 0.3 is 6.55 Å². The second-order valence-corrected chi connectivity index (χ2v) is 8.56. The lowest BCUT2D eigenvalue weighted by atomic mass is 10.0. The van der Waals surface area contributed by atoms with Crippen molar-refractivity contribution in [2.75, 3.05) is 13.1 Å². The van der Waals surface area contributed by atoms with Crippen molar-refractivity contribution >= 4 is 35.3 Å². The maximum atomic E-state index is 12.5. The molecule has 3 heterocycles. The number of alkyl halides is 2. The zero-order valence-corrected chi connectivity index (χ0v) is 16.1. The molecule has 0 bridgehead atoms. The van der Waals surface area contributed by atoms with E-state index in [2.05, 4.69) is 24.6 Å². The van der Waals surface area contributed by atoms with Crippen molar-refractivity contribution < 1.29 is 8.78 Å². The van der Waals surface area contributed by atoms with Crippen LogP contribution in [0.2, 0.25) is 0 Å². The van der Waals surface area contributed by atoms with Gasteiger partial charge in [-0.05, 0) is 12.8 Å². The summed E-state index contributed by atoms with van der Waals surface area (Å²) in [6.07, 6.45) is 7.55. The van der Waals surface area contributed by atoms with Crippen molar-refractivity contribution in [1.82, 2.24) is 14.6 Å². The Labute approximate surface area is 164 Å². The van der Waals surface area contributed by atoms with Gasteiger partial charge in [0.05, 0.1) is 6.54 Å². The Morgan fingerprint density at radius 1 is 1.48 bits per heavy atom. The summed E-state index contributed by atoms with van der Waals surface area (Å²) in [4.78, 5) is 14.4. The summed E-state index contributed by atoms with van der Waals surface area (Å²) in [7, 11) is 0. The summed E-state index contributed by atoms with van der Waals surface area (Å²) in [6.45, 7) is -1.62. The average molecular weight is 411 g/mol. The molecule has 3 aliphatic rings. The maximum absolute atomic E-state index is 12.5. The Kier molecular flexibility index (Phi) is 5.55. The predicted molar refractivity (Wildman–Crippen MR) is 106 cm³/mol. The summed E-state index contributed by atoms with van der Waals surface area (Å²) in [6, 6.07) is 0.259. The van der Waals surface area contributed by atoms with E-state index in [4.69, 9.17) is 5.73 Å². The minimum absolute atomic E-state index is 0.259. The van der Waals surface area contributed by atoms with E-state index < -0.39 is 6.55 Å². The number of fused-ring (bicyclic) bond motifs is 1. The van der Waals surface area contributed by atoms with Crippen molar-refractivity contribution in [2.45, 2.75) is 37.1 Å². The van der Waals surface area contributed by atoms with Crippen LogP contribution in [0.4, 0.5) is 8.78 Å². The van der Waals surface area contributed by atoms with Crippen LogP contribution in [-0.2, 0) is 0 Å². The molecular formula is C17H20F2N6S2. The quantitative estimate of drug-likeness (QED) is 0.411. The summed E-state index contributed by atoms with van der Waals surface area (Å²) in [5.41, 5.74) is 8.11. The van der Waals surface area contributed by atoms with Gasteiger partial charge in [0.25, 0.3) is 0 Å². The molecule has 1 aliphatic carbocycles. The highest BCUT2D eigenvalue weighted by atomic mass is 32.2. The van der Waals surface area contributed by atoms with Crippen molar-refractivity contribution in [3.05, 3.63) is 39.6 Å². The topological polar surface area (TPSA) is 78.9 Å². The molecule has 1 saturated heterocycles. The van der Waals surface area contributed by atoms with Gasteiger partial charge in [-0.2, -0.15) is 8.78 Å². The first-order valence-electron chi connectivity index (χ1n) is 8.74. The van der Waals surface area contributed by atoms with E-state index in [0.717, 1.165) is 41.3 Å². The Hall–Kier alpha value is -1.78. The maximum Gasteiger partial charge on any atom is 0.331 e. The summed E-state index contributed by atoms with van der Waals surface area (Å²) in [5, 5.41) is 3.49. The number of thiazole rings is 1. The van der Waals surface area contributed by atoms with Gasteiger partial charge in [0, 0.05) is 65.1 Å². The third kappa shape index (κ3) is 4.22. The van der Waals surface area contributed by atoms with Crippen LogP contribution in [0.15, 0.2) is 44.6 Å². The Morgan fingerprint density at radius 3 is 3.00 bits per heavy atom. The van der Waals surface area contributed by atoms with Crippen molar-refractivity contribution in [3.8, 4) is 0 Å². The standard InChI is InChI=1S/C17H20F2N6S2/c18-17(19)23-7-10(6-20)13-8-22-15(16-21-3-4-26-16)25-9-11(5-14(13)25)24-27-12-1-2-12/h3-4,6-7,11-12,17,24H,1-2,5,8-9,20H2. The molecule has 0 spiro atoms. The van der Waals surface area contributed by atoms with E-state index in [1.165, 1.54) is 19.0 Å². The minimum atomic E-state index is -2.76. The molecule has 0 amide bonds. The normalized spacial score (nSPS) is 23.5. The number of hydrogen-bond acceptors (Lipinski definition) is 8. The Balaban J connectivity index is 1.61. The molecule has 0 radical (unpaired) electrons. The van der Waals surface area contributed by atoms with E-state index in [-0.39, 0.29) is 6.04 Å². The molecule has 2 aliphatic heterocycles. The van der Waals surface area contributed by atoms with Crippen LogP contribution in [0, 0.1) is 0 Å². The van der Waals surface area contributed by atoms with Crippen LogP contribution in [-0.4, -0.2) is 52.9 Å². The fraction of sp³-hybridized carbons (Fsp3) is 0.471. The number of aliphatic imine (C=N–C) groups is 2. The first-order valence-corrected chi connectivity index (χ1v) is 10.5. The lowest BCUT2D eigenvalue weighted by molar-refractivity contribution is 0.160. The van der Waals surface area contributed by atoms with Gasteiger partial charge in [-0.25, -0.2) is 9.98 Å². The van der Waals surface area contributed by atoms with Crippen LogP contribution in [0.5, 0.6) is 0 Å². The number of nitrogens with one attached hydrogen (secondary N) is 1. The molecule has 1 aromatic heterocycles. The molecule has 2 fully saturated rings. The fourth-order valence-corrected chi connectivity index (χ4v) is 4.73. The Morgan fingerprint density at radius 2 is 2.33 bits per heavy atom. The van der Waals surface area contributed by atoms with Crippen LogP contribution < -0.4 is 10.5 Å². The van der Waals surface area contributed by atoms with Crippen molar-refractivity contribution in [1.29, 1.82) is 0 Å². The monoisotopic (exact) mass is 410 g/mol. The van der Waals surface area contributed by atoms with Crippen molar-refractivity contribution in [3.63, 3.8) is 0 Å². The summed E-state index contributed by atoms with van der Waals surface area (Å²) in [5.74, 6) is 0.839. The lowest BCUT2D eigenvalue weighted by Crippen LogP contribution is -2.35. The van der Waals surface area contributed by atoms with Gasteiger partial charge in [-0.1, -0.05) is 11.9 Å². The highest BCUT2D eigenvalue weighted by Gasteiger charge is 2.36. The number of hydrogen-bond donors (Lipinski definition) is 2. The van der Waals surface area contributed by atoms with Crippen LogP contribution in [0.1, 0.15) is 24.3 Å². The largest absolute Gasteiger partial charge is 0.404 e. The molecule has 4 rings (SSSR count). The number of nitrogens with two attached hydrogens (primary N) is 1. The summed E-state index contributed by atoms with van der Waals surface area (Å²) < 4.78 is 28.6. The van der Waals surface area contributed by atoms with Crippen LogP contribution in [0.25, 0.3) is 0 Å². The molecular weight excluding hydrogens is 390 g/mol. The number of rotatable bonds is 7. The van der Waals surface area contributed by atoms with Crippen LogP contribution >= 0.6 is 23.3 Å². The van der Waals surface area contributed by atoms with Gasteiger partial charge in [0.1, 0.15) is 0 Å². The zero-order valence-electron chi connectivity index (χ0n) is 14.5. The fourth-order valence-electron chi connectivity index (χ4n) is 3.16. The molecule has 1 saturated carbocycles. The van der Waals surface area contributed by atoms with E-state index in [1.54, 1.807) is 29.5 Å². The highest BCUT2D eigenvalue weighted by Crippen LogP contribution is 2.36. The zero-order chi connectivity index (χ0) is 18.8. The molecule has 6 nitrogen and oxygen atoms in total. The van der Waals surface area contributed by atoms with Gasteiger partial charge in [0.2, 0.25) is 0 Å². The molecule has 27 heavy (non-hydrogen) atoms. The first kappa shape index (κ1) is 18.6. The second-order valence-electron chi connectivity index (χ2n) is 6.53. The average Bonchev–Trinajstić information content (AvgIpc) is 3.15. The molecule has 1 aromatic rings. The molecule has 3 N–H and O–H groups in total. The number of nitrogens with zero attached hydrogens (tertiary/aromatic N) is 4. The van der Waals surface area contributed by atoms with E-state index >= 15 is 0 Å². The third-order valence-corrected chi connectivity index (χ3v) is 6.61. The van der Waals surface area contributed by atoms with Gasteiger partial charge in [0.15, 0.2) is 10.8 Å². The predicted octanol–water partition coefficient (Wildman–Crippen LogP) is 2.77. The molecule has 144 valence electrons. The second kappa shape index (κ2) is 8.07. The van der Waals surface area contributed by atoms with Gasteiger partial charge < -0.3 is 10.6 Å². The van der Waals surface area contributed by atoms with Gasteiger partial charge in [-0.3, -0.25) is 9.71 Å². The van der Waals surface area contributed by atoms with Crippen LogP contribution in [0.3, 0.4) is 0 Å². The summed E-state index contributed by atoms with van der Waals surface area (Å²) >= 11 is 3.34. The number of aromatic nitrogens is 1. The molecule has 10 heteroatoms. The first-order chi connectivity index (χ1) is 13.2.